The van der Waals surface area contributed by atoms with Crippen LogP contribution in [0.15, 0.2) is 72.0 Å². The molecule has 2 N–H and O–H groups in total. The van der Waals surface area contributed by atoms with E-state index in [0.717, 1.165) is 11.1 Å². The maximum absolute atomic E-state index is 13.0. The molecule has 0 spiro atoms. The molecular formula is C24H26O5. The van der Waals surface area contributed by atoms with Crippen LogP contribution in [0.3, 0.4) is 0 Å². The summed E-state index contributed by atoms with van der Waals surface area (Å²) >= 11 is 0. The third-order valence-corrected chi connectivity index (χ3v) is 5.48. The molecule has 4 unspecified atom stereocenters. The topological polar surface area (TPSA) is 83.8 Å². The maximum atomic E-state index is 13.0. The standard InChI is InChI=1S/C24H26O5/c1-3-18(17-12-8-5-9-13-17)20-21(26)22(27)23(29-24(20)28)19(15(2)25)14-16-10-6-4-7-11-16/h4-13,15,18-19,23,25-26H,3,14H2,1-2H3. The minimum Gasteiger partial charge on any atom is -0.504 e. The minimum atomic E-state index is -1.22. The van der Waals surface area contributed by atoms with Gasteiger partial charge in [0, 0.05) is 11.8 Å². The molecule has 1 heterocycles. The van der Waals surface area contributed by atoms with Crippen molar-refractivity contribution in [2.45, 2.75) is 44.8 Å². The molecule has 0 aliphatic carbocycles. The van der Waals surface area contributed by atoms with Crippen molar-refractivity contribution in [3.05, 3.63) is 83.1 Å². The third-order valence-electron chi connectivity index (χ3n) is 5.48. The van der Waals surface area contributed by atoms with Gasteiger partial charge in [-0.2, -0.15) is 0 Å². The fourth-order valence-corrected chi connectivity index (χ4v) is 3.89. The molecule has 0 fully saturated rings. The van der Waals surface area contributed by atoms with Crippen LogP contribution in [0.2, 0.25) is 0 Å². The number of rotatable bonds is 7. The van der Waals surface area contributed by atoms with Gasteiger partial charge in [-0.1, -0.05) is 67.6 Å². The highest BCUT2D eigenvalue weighted by Crippen LogP contribution is 2.35. The molecular weight excluding hydrogens is 368 g/mol. The van der Waals surface area contributed by atoms with E-state index in [-0.39, 0.29) is 5.57 Å². The molecule has 2 aromatic carbocycles. The first-order valence-corrected chi connectivity index (χ1v) is 9.89. The summed E-state index contributed by atoms with van der Waals surface area (Å²) in [5.41, 5.74) is 1.73. The number of ketones is 1. The van der Waals surface area contributed by atoms with Crippen LogP contribution in [0.5, 0.6) is 0 Å². The quantitative estimate of drug-likeness (QED) is 0.699. The predicted molar refractivity (Wildman–Crippen MR) is 109 cm³/mol. The molecule has 152 valence electrons. The lowest BCUT2D eigenvalue weighted by Crippen LogP contribution is -2.46. The van der Waals surface area contributed by atoms with E-state index in [1.807, 2.05) is 67.6 Å². The van der Waals surface area contributed by atoms with Crippen molar-refractivity contribution >= 4 is 11.8 Å². The Kier molecular flexibility index (Phi) is 6.49. The summed E-state index contributed by atoms with van der Waals surface area (Å²) < 4.78 is 5.52. The highest BCUT2D eigenvalue weighted by molar-refractivity contribution is 6.09. The lowest BCUT2D eigenvalue weighted by atomic mass is 9.81. The molecule has 29 heavy (non-hydrogen) atoms. The van der Waals surface area contributed by atoms with E-state index in [9.17, 15) is 19.8 Å². The van der Waals surface area contributed by atoms with E-state index >= 15 is 0 Å². The van der Waals surface area contributed by atoms with E-state index in [2.05, 4.69) is 0 Å². The molecule has 0 bridgehead atoms. The van der Waals surface area contributed by atoms with Gasteiger partial charge in [0.2, 0.25) is 5.78 Å². The number of hydrogen-bond acceptors (Lipinski definition) is 5. The van der Waals surface area contributed by atoms with Gasteiger partial charge in [-0.3, -0.25) is 4.79 Å². The average molecular weight is 394 g/mol. The number of benzene rings is 2. The van der Waals surface area contributed by atoms with E-state index in [1.54, 1.807) is 6.92 Å². The second-order valence-electron chi connectivity index (χ2n) is 7.42. The van der Waals surface area contributed by atoms with Gasteiger partial charge in [0.25, 0.3) is 0 Å². The van der Waals surface area contributed by atoms with Crippen molar-refractivity contribution in [1.82, 2.24) is 0 Å². The summed E-state index contributed by atoms with van der Waals surface area (Å²) in [7, 11) is 0. The molecule has 0 amide bonds. The van der Waals surface area contributed by atoms with Crippen molar-refractivity contribution in [3.63, 3.8) is 0 Å². The fraction of sp³-hybridized carbons (Fsp3) is 0.333. The SMILES string of the molecule is CCC(C1=C(O)C(=O)C(C(Cc2ccccc2)C(C)O)OC1=O)c1ccccc1. The monoisotopic (exact) mass is 394 g/mol. The van der Waals surface area contributed by atoms with Gasteiger partial charge in [0.1, 0.15) is 0 Å². The van der Waals surface area contributed by atoms with Crippen LogP contribution in [0.4, 0.5) is 0 Å². The molecule has 4 atom stereocenters. The van der Waals surface area contributed by atoms with Gasteiger partial charge in [-0.25, -0.2) is 4.79 Å². The van der Waals surface area contributed by atoms with Gasteiger partial charge in [-0.15, -0.1) is 0 Å². The summed E-state index contributed by atoms with van der Waals surface area (Å²) in [5.74, 6) is -3.01. The molecule has 3 rings (SSSR count). The Hall–Kier alpha value is -2.92. The van der Waals surface area contributed by atoms with Gasteiger partial charge in [0.05, 0.1) is 11.7 Å². The first kappa shape index (κ1) is 20.8. The first-order valence-electron chi connectivity index (χ1n) is 9.89. The Morgan fingerprint density at radius 2 is 1.59 bits per heavy atom. The number of esters is 1. The van der Waals surface area contributed by atoms with Crippen LogP contribution in [0.1, 0.15) is 37.3 Å². The normalized spacial score (nSPS) is 20.2. The second-order valence-corrected chi connectivity index (χ2v) is 7.42. The number of aliphatic hydroxyl groups excluding tert-OH is 2. The van der Waals surface area contributed by atoms with E-state index in [1.165, 1.54) is 0 Å². The maximum Gasteiger partial charge on any atom is 0.339 e. The summed E-state index contributed by atoms with van der Waals surface area (Å²) in [4.78, 5) is 25.8. The van der Waals surface area contributed by atoms with Crippen molar-refractivity contribution in [1.29, 1.82) is 0 Å². The average Bonchev–Trinajstić information content (AvgIpc) is 2.73. The van der Waals surface area contributed by atoms with Crippen LogP contribution in [0, 0.1) is 5.92 Å². The van der Waals surface area contributed by atoms with Crippen LogP contribution >= 0.6 is 0 Å². The summed E-state index contributed by atoms with van der Waals surface area (Å²) in [5, 5.41) is 21.0. The number of carbonyl (C=O) groups excluding carboxylic acids is 2. The number of cyclic esters (lactones) is 1. The molecule has 0 radical (unpaired) electrons. The highest BCUT2D eigenvalue weighted by atomic mass is 16.6. The van der Waals surface area contributed by atoms with Crippen molar-refractivity contribution in [3.8, 4) is 0 Å². The van der Waals surface area contributed by atoms with Gasteiger partial charge >= 0.3 is 5.97 Å². The predicted octanol–water partition coefficient (Wildman–Crippen LogP) is 3.73. The Labute approximate surface area is 170 Å². The second kappa shape index (κ2) is 9.05. The van der Waals surface area contributed by atoms with Gasteiger partial charge < -0.3 is 14.9 Å². The Morgan fingerprint density at radius 1 is 1.00 bits per heavy atom. The lowest BCUT2D eigenvalue weighted by Gasteiger charge is -2.33. The minimum absolute atomic E-state index is 0.0102. The number of hydrogen-bond donors (Lipinski definition) is 2. The third kappa shape index (κ3) is 4.40. The summed E-state index contributed by atoms with van der Waals surface area (Å²) in [6.45, 7) is 3.44. The lowest BCUT2D eigenvalue weighted by molar-refractivity contribution is -0.160. The Morgan fingerprint density at radius 3 is 2.14 bits per heavy atom. The van der Waals surface area contributed by atoms with Gasteiger partial charge in [-0.05, 0) is 30.9 Å². The molecule has 1 aliphatic rings. The zero-order chi connectivity index (χ0) is 21.0. The zero-order valence-electron chi connectivity index (χ0n) is 16.6. The van der Waals surface area contributed by atoms with Crippen molar-refractivity contribution < 1.29 is 24.5 Å². The fourth-order valence-electron chi connectivity index (χ4n) is 3.89. The summed E-state index contributed by atoms with van der Waals surface area (Å²) in [6, 6.07) is 18.6. The van der Waals surface area contributed by atoms with Crippen molar-refractivity contribution in [2.75, 3.05) is 0 Å². The molecule has 0 aromatic heterocycles. The first-order chi connectivity index (χ1) is 13.9. The number of carbonyl (C=O) groups is 2. The largest absolute Gasteiger partial charge is 0.504 e. The van der Waals surface area contributed by atoms with Crippen LogP contribution in [-0.4, -0.2) is 34.2 Å². The van der Waals surface area contributed by atoms with Crippen LogP contribution in [-0.2, 0) is 20.7 Å². The highest BCUT2D eigenvalue weighted by Gasteiger charge is 2.44. The van der Waals surface area contributed by atoms with Crippen LogP contribution in [0.25, 0.3) is 0 Å². The van der Waals surface area contributed by atoms with E-state index in [4.69, 9.17) is 4.74 Å². The molecule has 0 saturated heterocycles. The number of aliphatic hydroxyl groups is 2. The molecule has 5 nitrogen and oxygen atoms in total. The van der Waals surface area contributed by atoms with Crippen LogP contribution < -0.4 is 0 Å². The molecule has 1 aliphatic heterocycles. The van der Waals surface area contributed by atoms with Crippen molar-refractivity contribution in [2.24, 2.45) is 5.92 Å². The summed E-state index contributed by atoms with van der Waals surface area (Å²) in [6.07, 6.45) is -1.25. The Balaban J connectivity index is 1.93. The van der Waals surface area contributed by atoms with E-state index in [0.29, 0.717) is 12.8 Å². The van der Waals surface area contributed by atoms with Gasteiger partial charge in [0.15, 0.2) is 11.9 Å². The zero-order valence-corrected chi connectivity index (χ0v) is 16.6. The smallest absolute Gasteiger partial charge is 0.339 e. The van der Waals surface area contributed by atoms with E-state index < -0.39 is 41.6 Å². The molecule has 2 aromatic rings. The number of Topliss-reactive ketones (excluding diaryl/α,β-unsaturated/α-hetero) is 1. The Bertz CT molecular complexity index is 886. The number of ether oxygens (including phenoxy) is 1. The molecule has 0 saturated carbocycles. The molecule has 5 heteroatoms.